The summed E-state index contributed by atoms with van der Waals surface area (Å²) in [5.41, 5.74) is -0.503. The molecule has 74 valence electrons. The maximum atomic E-state index is 11.6. The second kappa shape index (κ2) is 3.06. The summed E-state index contributed by atoms with van der Waals surface area (Å²) in [6, 6.07) is 3.28. The lowest BCUT2D eigenvalue weighted by Gasteiger charge is -1.99. The molecule has 0 unspecified atom stereocenters. The van der Waals surface area contributed by atoms with Crippen LogP contribution in [0.25, 0.3) is 11.0 Å². The van der Waals surface area contributed by atoms with E-state index in [1.54, 1.807) is 0 Å². The topological polar surface area (TPSA) is 91.5 Å². The van der Waals surface area contributed by atoms with Gasteiger partial charge in [-0.1, -0.05) is 0 Å². The van der Waals surface area contributed by atoms with Gasteiger partial charge in [-0.2, -0.15) is 5.26 Å². The molecule has 2 rings (SSSR count). The number of hydrogen-bond donors (Lipinski definition) is 1. The van der Waals surface area contributed by atoms with Crippen LogP contribution in [0.3, 0.4) is 0 Å². The van der Waals surface area contributed by atoms with Gasteiger partial charge in [-0.3, -0.25) is 14.3 Å². The van der Waals surface area contributed by atoms with Gasteiger partial charge < -0.3 is 0 Å². The van der Waals surface area contributed by atoms with Crippen LogP contribution >= 0.6 is 0 Å². The van der Waals surface area contributed by atoms with E-state index < -0.39 is 11.2 Å². The van der Waals surface area contributed by atoms with Gasteiger partial charge in [0.15, 0.2) is 0 Å². The number of H-pyrrole nitrogens is 1. The highest BCUT2D eigenvalue weighted by Crippen LogP contribution is 2.03. The zero-order chi connectivity index (χ0) is 11.0. The third kappa shape index (κ3) is 1.30. The van der Waals surface area contributed by atoms with Crippen LogP contribution in [0.4, 0.5) is 0 Å². The Morgan fingerprint density at radius 3 is 2.93 bits per heavy atom. The number of nitriles is 1. The lowest BCUT2D eigenvalue weighted by atomic mass is 10.2. The molecule has 0 atom stereocenters. The molecule has 6 heteroatoms. The van der Waals surface area contributed by atoms with Gasteiger partial charge in [0.05, 0.1) is 10.9 Å². The third-order valence-corrected chi connectivity index (χ3v) is 2.08. The van der Waals surface area contributed by atoms with Crippen molar-refractivity contribution in [3.63, 3.8) is 0 Å². The second-order valence-corrected chi connectivity index (χ2v) is 3.03. The van der Waals surface area contributed by atoms with E-state index in [2.05, 4.69) is 9.97 Å². The number of rotatable bonds is 0. The molecule has 6 nitrogen and oxygen atoms in total. The number of aromatic nitrogens is 3. The van der Waals surface area contributed by atoms with E-state index in [4.69, 9.17) is 5.26 Å². The van der Waals surface area contributed by atoms with Gasteiger partial charge in [-0.05, 0) is 6.07 Å². The van der Waals surface area contributed by atoms with Crippen molar-refractivity contribution < 1.29 is 0 Å². The summed E-state index contributed by atoms with van der Waals surface area (Å²) in [5, 5.41) is 8.87. The maximum Gasteiger partial charge on any atom is 0.329 e. The van der Waals surface area contributed by atoms with Crippen molar-refractivity contribution in [1.29, 1.82) is 5.26 Å². The predicted molar refractivity (Wildman–Crippen MR) is 52.3 cm³/mol. The number of aromatic amines is 1. The largest absolute Gasteiger partial charge is 0.329 e. The van der Waals surface area contributed by atoms with Gasteiger partial charge in [0.25, 0.3) is 5.56 Å². The van der Waals surface area contributed by atoms with Gasteiger partial charge in [-0.15, -0.1) is 0 Å². The summed E-state index contributed by atoms with van der Waals surface area (Å²) in [6.45, 7) is 0. The Morgan fingerprint density at radius 1 is 1.53 bits per heavy atom. The zero-order valence-corrected chi connectivity index (χ0v) is 7.81. The molecular weight excluding hydrogens is 196 g/mol. The van der Waals surface area contributed by atoms with Crippen LogP contribution in [0.5, 0.6) is 0 Å². The van der Waals surface area contributed by atoms with Crippen molar-refractivity contribution >= 4 is 11.0 Å². The van der Waals surface area contributed by atoms with Crippen LogP contribution in [0.2, 0.25) is 0 Å². The molecule has 15 heavy (non-hydrogen) atoms. The Balaban J connectivity index is 3.02. The highest BCUT2D eigenvalue weighted by molar-refractivity contribution is 5.74. The molecule has 0 saturated carbocycles. The maximum absolute atomic E-state index is 11.6. The Hall–Kier alpha value is -2.42. The Morgan fingerprint density at radius 2 is 2.27 bits per heavy atom. The average molecular weight is 202 g/mol. The lowest BCUT2D eigenvalue weighted by molar-refractivity contribution is 0.790. The fraction of sp³-hybridized carbons (Fsp3) is 0.111. The summed E-state index contributed by atoms with van der Waals surface area (Å²) >= 11 is 0. The van der Waals surface area contributed by atoms with Crippen molar-refractivity contribution in [3.8, 4) is 6.07 Å². The molecule has 0 amide bonds. The minimum Gasteiger partial charge on any atom is -0.291 e. The van der Waals surface area contributed by atoms with E-state index >= 15 is 0 Å². The van der Waals surface area contributed by atoms with Gasteiger partial charge in [0.2, 0.25) is 0 Å². The fourth-order valence-corrected chi connectivity index (χ4v) is 1.25. The van der Waals surface area contributed by atoms with Gasteiger partial charge >= 0.3 is 5.69 Å². The number of hydrogen-bond acceptors (Lipinski definition) is 4. The normalized spacial score (nSPS) is 10.1. The molecule has 0 bridgehead atoms. The van der Waals surface area contributed by atoms with Crippen molar-refractivity contribution in [3.05, 3.63) is 38.7 Å². The van der Waals surface area contributed by atoms with E-state index in [0.29, 0.717) is 0 Å². The molecule has 0 fully saturated rings. The van der Waals surface area contributed by atoms with Crippen LogP contribution < -0.4 is 11.2 Å². The Labute approximate surface area is 83.4 Å². The Kier molecular flexibility index (Phi) is 1.87. The van der Waals surface area contributed by atoms with Crippen molar-refractivity contribution in [2.45, 2.75) is 0 Å². The zero-order valence-electron chi connectivity index (χ0n) is 7.81. The van der Waals surface area contributed by atoms with Gasteiger partial charge in [0, 0.05) is 13.2 Å². The molecule has 2 aromatic rings. The molecule has 0 aliphatic rings. The first kappa shape index (κ1) is 9.15. The molecule has 0 aliphatic carbocycles. The van der Waals surface area contributed by atoms with Crippen LogP contribution in [0.1, 0.15) is 5.56 Å². The number of nitrogens with one attached hydrogen (secondary N) is 1. The first-order valence-electron chi connectivity index (χ1n) is 4.12. The molecule has 2 aromatic heterocycles. The molecule has 0 radical (unpaired) electrons. The van der Waals surface area contributed by atoms with Crippen LogP contribution in [0, 0.1) is 11.3 Å². The van der Waals surface area contributed by atoms with Crippen LogP contribution in [-0.4, -0.2) is 14.5 Å². The SMILES string of the molecule is Cn1c(=O)[nH]c2ncc(C#N)cc2c1=O. The summed E-state index contributed by atoms with van der Waals surface area (Å²) in [6.07, 6.45) is 1.30. The van der Waals surface area contributed by atoms with Crippen LogP contribution in [-0.2, 0) is 7.05 Å². The smallest absolute Gasteiger partial charge is 0.291 e. The number of pyridine rings is 1. The molecule has 2 heterocycles. The number of fused-ring (bicyclic) bond motifs is 1. The first-order chi connectivity index (χ1) is 7.13. The van der Waals surface area contributed by atoms with E-state index in [-0.39, 0.29) is 16.6 Å². The summed E-state index contributed by atoms with van der Waals surface area (Å²) < 4.78 is 0.936. The molecule has 1 N–H and O–H groups in total. The van der Waals surface area contributed by atoms with E-state index in [1.807, 2.05) is 6.07 Å². The summed E-state index contributed by atoms with van der Waals surface area (Å²) in [5.74, 6) is 0. The van der Waals surface area contributed by atoms with E-state index in [1.165, 1.54) is 19.3 Å². The molecule has 0 spiro atoms. The van der Waals surface area contributed by atoms with Crippen molar-refractivity contribution in [1.82, 2.24) is 14.5 Å². The minimum atomic E-state index is -0.523. The molecular formula is C9H6N4O2. The first-order valence-corrected chi connectivity index (χ1v) is 4.12. The van der Waals surface area contributed by atoms with Crippen molar-refractivity contribution in [2.24, 2.45) is 7.05 Å². The third-order valence-electron chi connectivity index (χ3n) is 2.08. The number of nitrogens with zero attached hydrogens (tertiary/aromatic N) is 3. The summed E-state index contributed by atoms with van der Waals surface area (Å²) in [4.78, 5) is 29.1. The Bertz CT molecular complexity index is 690. The fourth-order valence-electron chi connectivity index (χ4n) is 1.25. The van der Waals surface area contributed by atoms with Gasteiger partial charge in [0.1, 0.15) is 11.7 Å². The molecule has 0 saturated heterocycles. The molecule has 0 aliphatic heterocycles. The monoisotopic (exact) mass is 202 g/mol. The predicted octanol–water partition coefficient (Wildman–Crippen LogP) is -0.507. The van der Waals surface area contributed by atoms with E-state index in [9.17, 15) is 9.59 Å². The minimum absolute atomic E-state index is 0.196. The summed E-state index contributed by atoms with van der Waals surface area (Å²) in [7, 11) is 1.36. The molecule has 0 aromatic carbocycles. The van der Waals surface area contributed by atoms with Gasteiger partial charge in [-0.25, -0.2) is 9.78 Å². The highest BCUT2D eigenvalue weighted by Gasteiger charge is 2.05. The van der Waals surface area contributed by atoms with E-state index in [0.717, 1.165) is 4.57 Å². The highest BCUT2D eigenvalue weighted by atomic mass is 16.2. The van der Waals surface area contributed by atoms with Crippen molar-refractivity contribution in [2.75, 3.05) is 0 Å². The average Bonchev–Trinajstić information content (AvgIpc) is 2.26. The standard InChI is InChI=1S/C9H6N4O2/c1-13-8(14)6-2-5(3-10)4-11-7(6)12-9(13)15/h2,4H,1H3,(H,11,12,15). The lowest BCUT2D eigenvalue weighted by Crippen LogP contribution is -2.32. The second-order valence-electron chi connectivity index (χ2n) is 3.03. The van der Waals surface area contributed by atoms with Crippen LogP contribution in [0.15, 0.2) is 21.9 Å². The quantitative estimate of drug-likeness (QED) is 0.623.